The van der Waals surface area contributed by atoms with Crippen LogP contribution in [0.2, 0.25) is 0 Å². The first kappa shape index (κ1) is 7.79. The van der Waals surface area contributed by atoms with Crippen molar-refractivity contribution >= 4 is 0 Å². The van der Waals surface area contributed by atoms with E-state index in [1.54, 1.807) is 12.4 Å². The van der Waals surface area contributed by atoms with Crippen LogP contribution in [0, 0.1) is 5.82 Å². The van der Waals surface area contributed by atoms with Crippen LogP contribution in [-0.4, -0.2) is 15.3 Å². The number of hydrogen-bond acceptors (Lipinski definition) is 2. The summed E-state index contributed by atoms with van der Waals surface area (Å²) in [5.41, 5.74) is 1.30. The summed E-state index contributed by atoms with van der Waals surface area (Å²) in [5.74, 6) is -0.536. The number of aromatic amines is 1. The average molecular weight is 178 g/mol. The number of halogens is 1. The molecule has 0 radical (unpaired) electrons. The van der Waals surface area contributed by atoms with Gasteiger partial charge in [-0.3, -0.25) is 5.10 Å². The van der Waals surface area contributed by atoms with Crippen molar-refractivity contribution in [1.29, 1.82) is 0 Å². The Balaban J connectivity index is 2.53. The lowest BCUT2D eigenvalue weighted by Gasteiger charge is -2.00. The van der Waals surface area contributed by atoms with Crippen molar-refractivity contribution in [2.45, 2.75) is 0 Å². The van der Waals surface area contributed by atoms with E-state index in [2.05, 4.69) is 10.2 Å². The first-order valence-corrected chi connectivity index (χ1v) is 3.75. The fraction of sp³-hybridized carbons (Fsp3) is 0. The number of H-pyrrole nitrogens is 1. The lowest BCUT2D eigenvalue weighted by molar-refractivity contribution is 0.471. The van der Waals surface area contributed by atoms with Crippen LogP contribution in [-0.2, 0) is 0 Å². The van der Waals surface area contributed by atoms with Gasteiger partial charge in [-0.1, -0.05) is 0 Å². The maximum atomic E-state index is 12.6. The van der Waals surface area contributed by atoms with Crippen molar-refractivity contribution in [2.24, 2.45) is 0 Å². The molecular formula is C9H7FN2O. The minimum Gasteiger partial charge on any atom is -0.507 e. The van der Waals surface area contributed by atoms with Gasteiger partial charge in [0, 0.05) is 23.4 Å². The van der Waals surface area contributed by atoms with Crippen molar-refractivity contribution in [3.05, 3.63) is 36.4 Å². The van der Waals surface area contributed by atoms with Crippen LogP contribution in [0.15, 0.2) is 30.6 Å². The molecule has 0 fully saturated rings. The minimum atomic E-state index is -0.454. The molecule has 0 aliphatic carbocycles. The lowest BCUT2D eigenvalue weighted by Crippen LogP contribution is -1.78. The van der Waals surface area contributed by atoms with Gasteiger partial charge in [0.25, 0.3) is 0 Å². The van der Waals surface area contributed by atoms with Crippen molar-refractivity contribution < 1.29 is 9.50 Å². The van der Waals surface area contributed by atoms with Crippen molar-refractivity contribution in [3.63, 3.8) is 0 Å². The van der Waals surface area contributed by atoms with Gasteiger partial charge in [0.15, 0.2) is 0 Å². The van der Waals surface area contributed by atoms with E-state index < -0.39 is 5.82 Å². The van der Waals surface area contributed by atoms with Gasteiger partial charge in [-0.2, -0.15) is 5.10 Å². The number of nitrogens with one attached hydrogen (secondary N) is 1. The Labute approximate surface area is 73.8 Å². The fourth-order valence-electron chi connectivity index (χ4n) is 1.15. The molecule has 1 aromatic carbocycles. The smallest absolute Gasteiger partial charge is 0.126 e. The predicted molar refractivity (Wildman–Crippen MR) is 45.6 cm³/mol. The molecule has 1 aromatic heterocycles. The largest absolute Gasteiger partial charge is 0.507 e. The van der Waals surface area contributed by atoms with Gasteiger partial charge in [0.05, 0.1) is 6.20 Å². The Hall–Kier alpha value is -1.84. The average Bonchev–Trinajstić information content (AvgIpc) is 2.56. The van der Waals surface area contributed by atoms with Crippen molar-refractivity contribution in [2.75, 3.05) is 0 Å². The van der Waals surface area contributed by atoms with E-state index in [1.807, 2.05) is 0 Å². The third-order valence-electron chi connectivity index (χ3n) is 1.77. The Morgan fingerprint density at radius 3 is 2.85 bits per heavy atom. The van der Waals surface area contributed by atoms with E-state index in [1.165, 1.54) is 12.1 Å². The molecule has 4 heteroatoms. The molecule has 0 spiro atoms. The second kappa shape index (κ2) is 2.90. The molecule has 2 N–H and O–H groups in total. The molecular weight excluding hydrogens is 171 g/mol. The van der Waals surface area contributed by atoms with Crippen molar-refractivity contribution in [1.82, 2.24) is 10.2 Å². The zero-order chi connectivity index (χ0) is 9.26. The number of aromatic nitrogens is 2. The zero-order valence-electron chi connectivity index (χ0n) is 6.66. The second-order valence-corrected chi connectivity index (χ2v) is 2.65. The van der Waals surface area contributed by atoms with Gasteiger partial charge in [0.2, 0.25) is 0 Å². The third kappa shape index (κ3) is 1.38. The fourth-order valence-corrected chi connectivity index (χ4v) is 1.15. The topological polar surface area (TPSA) is 48.9 Å². The maximum absolute atomic E-state index is 12.6. The Morgan fingerprint density at radius 2 is 2.23 bits per heavy atom. The molecule has 0 atom stereocenters. The standard InChI is InChI=1S/C9H7FN2O/c10-7-1-2-8(9(13)3-7)6-4-11-12-5-6/h1-5,13H,(H,11,12). The molecule has 3 nitrogen and oxygen atoms in total. The Morgan fingerprint density at radius 1 is 1.38 bits per heavy atom. The molecule has 13 heavy (non-hydrogen) atoms. The summed E-state index contributed by atoms with van der Waals surface area (Å²) in [6.45, 7) is 0. The molecule has 0 saturated heterocycles. The molecule has 0 amide bonds. The van der Waals surface area contributed by atoms with Gasteiger partial charge in [-0.05, 0) is 12.1 Å². The van der Waals surface area contributed by atoms with E-state index in [4.69, 9.17) is 0 Å². The van der Waals surface area contributed by atoms with E-state index in [-0.39, 0.29) is 5.75 Å². The van der Waals surface area contributed by atoms with Crippen LogP contribution in [0.4, 0.5) is 4.39 Å². The molecule has 0 bridgehead atoms. The number of aromatic hydroxyl groups is 1. The lowest BCUT2D eigenvalue weighted by atomic mass is 10.1. The van der Waals surface area contributed by atoms with Crippen LogP contribution in [0.25, 0.3) is 11.1 Å². The molecule has 2 aromatic rings. The molecule has 1 heterocycles. The summed E-state index contributed by atoms with van der Waals surface area (Å²) in [7, 11) is 0. The zero-order valence-corrected chi connectivity index (χ0v) is 6.66. The quantitative estimate of drug-likeness (QED) is 0.700. The summed E-state index contributed by atoms with van der Waals surface area (Å²) in [4.78, 5) is 0. The van der Waals surface area contributed by atoms with Crippen LogP contribution >= 0.6 is 0 Å². The second-order valence-electron chi connectivity index (χ2n) is 2.65. The number of nitrogens with zero attached hydrogens (tertiary/aromatic N) is 1. The van der Waals surface area contributed by atoms with Gasteiger partial charge >= 0.3 is 0 Å². The Bertz CT molecular complexity index is 412. The first-order valence-electron chi connectivity index (χ1n) is 3.75. The summed E-state index contributed by atoms with van der Waals surface area (Å²) < 4.78 is 12.6. The number of rotatable bonds is 1. The van der Waals surface area contributed by atoms with E-state index in [0.717, 1.165) is 11.6 Å². The number of benzene rings is 1. The van der Waals surface area contributed by atoms with Crippen LogP contribution in [0.5, 0.6) is 5.75 Å². The molecule has 0 aliphatic heterocycles. The van der Waals surface area contributed by atoms with Crippen LogP contribution < -0.4 is 0 Å². The van der Waals surface area contributed by atoms with E-state index in [0.29, 0.717) is 5.56 Å². The SMILES string of the molecule is Oc1cc(F)ccc1-c1cn[nH]c1. The van der Waals surface area contributed by atoms with Crippen molar-refractivity contribution in [3.8, 4) is 16.9 Å². The summed E-state index contributed by atoms with van der Waals surface area (Å²) >= 11 is 0. The van der Waals surface area contributed by atoms with Crippen LogP contribution in [0.3, 0.4) is 0 Å². The third-order valence-corrected chi connectivity index (χ3v) is 1.77. The Kier molecular flexibility index (Phi) is 1.73. The molecule has 66 valence electrons. The van der Waals surface area contributed by atoms with Crippen LogP contribution in [0.1, 0.15) is 0 Å². The monoisotopic (exact) mass is 178 g/mol. The van der Waals surface area contributed by atoms with Gasteiger partial charge in [-0.25, -0.2) is 4.39 Å². The minimum absolute atomic E-state index is 0.0820. The summed E-state index contributed by atoms with van der Waals surface area (Å²) in [5, 5.41) is 15.7. The summed E-state index contributed by atoms with van der Waals surface area (Å²) in [6.07, 6.45) is 3.19. The highest BCUT2D eigenvalue weighted by Crippen LogP contribution is 2.28. The van der Waals surface area contributed by atoms with Gasteiger partial charge in [0.1, 0.15) is 11.6 Å². The highest BCUT2D eigenvalue weighted by Gasteiger charge is 2.05. The molecule has 0 unspecified atom stereocenters. The highest BCUT2D eigenvalue weighted by atomic mass is 19.1. The first-order chi connectivity index (χ1) is 6.27. The van der Waals surface area contributed by atoms with E-state index in [9.17, 15) is 9.50 Å². The number of hydrogen-bond donors (Lipinski definition) is 2. The summed E-state index contributed by atoms with van der Waals surface area (Å²) in [6, 6.07) is 3.87. The molecule has 0 aliphatic rings. The number of phenolic OH excluding ortho intramolecular Hbond substituents is 1. The predicted octanol–water partition coefficient (Wildman–Crippen LogP) is 1.92. The number of phenols is 1. The van der Waals surface area contributed by atoms with E-state index >= 15 is 0 Å². The van der Waals surface area contributed by atoms with Gasteiger partial charge < -0.3 is 5.11 Å². The van der Waals surface area contributed by atoms with Gasteiger partial charge in [-0.15, -0.1) is 0 Å². The maximum Gasteiger partial charge on any atom is 0.126 e. The molecule has 2 rings (SSSR count). The molecule has 0 saturated carbocycles. The normalized spacial score (nSPS) is 10.2. The highest BCUT2D eigenvalue weighted by molar-refractivity contribution is 5.68.